The van der Waals surface area contributed by atoms with E-state index in [9.17, 15) is 0 Å². The summed E-state index contributed by atoms with van der Waals surface area (Å²) in [6.07, 6.45) is 0. The van der Waals surface area contributed by atoms with E-state index < -0.39 is 0 Å². The minimum atomic E-state index is 0.697. The number of hydrogen-bond acceptors (Lipinski definition) is 3. The smallest absolute Gasteiger partial charge is 0.147 e. The summed E-state index contributed by atoms with van der Waals surface area (Å²) in [6, 6.07) is 8.30. The maximum absolute atomic E-state index is 5.26. The Hall–Kier alpha value is -1.26. The monoisotopic (exact) mass is 232 g/mol. The Labute approximate surface area is 95.6 Å². The van der Waals surface area contributed by atoms with E-state index in [1.54, 1.807) is 11.3 Å². The Morgan fingerprint density at radius 2 is 2.13 bits per heavy atom. The lowest BCUT2D eigenvalue weighted by Crippen LogP contribution is -1.86. The van der Waals surface area contributed by atoms with Crippen molar-refractivity contribution < 1.29 is 0 Å². The van der Waals surface area contributed by atoms with Crippen molar-refractivity contribution in [1.82, 2.24) is 9.97 Å². The minimum Gasteiger partial charge on any atom is -0.342 e. The fourth-order valence-corrected chi connectivity index (χ4v) is 3.14. The van der Waals surface area contributed by atoms with Gasteiger partial charge in [-0.2, -0.15) is 0 Å². The highest BCUT2D eigenvalue weighted by molar-refractivity contribution is 7.71. The molecule has 0 aliphatic rings. The number of aromatic nitrogens is 2. The standard InChI is InChI=1S/C11H8N2S2/c1-6-12-9-7-4-2-3-5-8(7)15-10(9)11(14)13-6/h2-5H,1H3,(H,12,13,14). The first kappa shape index (κ1) is 9.00. The molecule has 0 bridgehead atoms. The second-order valence-electron chi connectivity index (χ2n) is 3.43. The maximum Gasteiger partial charge on any atom is 0.147 e. The third-order valence-electron chi connectivity index (χ3n) is 2.36. The van der Waals surface area contributed by atoms with Crippen molar-refractivity contribution in [3.8, 4) is 0 Å². The Balaban J connectivity index is 2.67. The molecular weight excluding hydrogens is 224 g/mol. The van der Waals surface area contributed by atoms with Crippen molar-refractivity contribution in [3.05, 3.63) is 34.7 Å². The third-order valence-corrected chi connectivity index (χ3v) is 3.97. The SMILES string of the molecule is Cc1nc(=S)c2sc3ccccc3c2[nH]1. The molecule has 0 aliphatic heterocycles. The lowest BCUT2D eigenvalue weighted by atomic mass is 10.2. The molecule has 0 unspecified atom stereocenters. The molecule has 3 aromatic rings. The fraction of sp³-hybridized carbons (Fsp3) is 0.0909. The molecule has 0 fully saturated rings. The molecular formula is C11H8N2S2. The van der Waals surface area contributed by atoms with Gasteiger partial charge in [-0.05, 0) is 13.0 Å². The number of nitrogens with zero attached hydrogens (tertiary/aromatic N) is 1. The van der Waals surface area contributed by atoms with E-state index in [1.807, 2.05) is 19.1 Å². The number of hydrogen-bond donors (Lipinski definition) is 1. The molecule has 0 amide bonds. The van der Waals surface area contributed by atoms with E-state index in [1.165, 1.54) is 10.1 Å². The molecule has 2 aromatic heterocycles. The number of H-pyrrole nitrogens is 1. The van der Waals surface area contributed by atoms with Crippen LogP contribution in [0.3, 0.4) is 0 Å². The Morgan fingerprint density at radius 3 is 3.00 bits per heavy atom. The van der Waals surface area contributed by atoms with Gasteiger partial charge in [-0.25, -0.2) is 4.98 Å². The van der Waals surface area contributed by atoms with Gasteiger partial charge in [0.15, 0.2) is 0 Å². The Morgan fingerprint density at radius 1 is 1.33 bits per heavy atom. The summed E-state index contributed by atoms with van der Waals surface area (Å²) in [4.78, 5) is 7.55. The molecule has 15 heavy (non-hydrogen) atoms. The lowest BCUT2D eigenvalue weighted by molar-refractivity contribution is 1.09. The first-order valence-electron chi connectivity index (χ1n) is 4.64. The van der Waals surface area contributed by atoms with E-state index in [0.717, 1.165) is 16.0 Å². The molecule has 0 spiro atoms. The van der Waals surface area contributed by atoms with Gasteiger partial charge in [0.1, 0.15) is 10.5 Å². The number of fused-ring (bicyclic) bond motifs is 3. The van der Waals surface area contributed by atoms with Gasteiger partial charge in [0.2, 0.25) is 0 Å². The van der Waals surface area contributed by atoms with Crippen LogP contribution in [0.2, 0.25) is 0 Å². The van der Waals surface area contributed by atoms with Crippen LogP contribution in [0.25, 0.3) is 20.3 Å². The maximum atomic E-state index is 5.26. The van der Waals surface area contributed by atoms with E-state index in [0.29, 0.717) is 4.64 Å². The first-order chi connectivity index (χ1) is 7.25. The zero-order chi connectivity index (χ0) is 10.4. The van der Waals surface area contributed by atoms with Crippen LogP contribution < -0.4 is 0 Å². The van der Waals surface area contributed by atoms with Crippen molar-refractivity contribution in [2.45, 2.75) is 6.92 Å². The lowest BCUT2D eigenvalue weighted by Gasteiger charge is -1.94. The highest BCUT2D eigenvalue weighted by atomic mass is 32.1. The topological polar surface area (TPSA) is 28.7 Å². The van der Waals surface area contributed by atoms with E-state index >= 15 is 0 Å². The Kier molecular flexibility index (Phi) is 1.87. The van der Waals surface area contributed by atoms with Crippen LogP contribution in [0.5, 0.6) is 0 Å². The number of thiophene rings is 1. The molecule has 0 radical (unpaired) electrons. The van der Waals surface area contributed by atoms with E-state index in [2.05, 4.69) is 22.1 Å². The molecule has 74 valence electrons. The van der Waals surface area contributed by atoms with Crippen molar-refractivity contribution in [1.29, 1.82) is 0 Å². The van der Waals surface area contributed by atoms with Crippen LogP contribution >= 0.6 is 23.6 Å². The molecule has 1 aromatic carbocycles. The van der Waals surface area contributed by atoms with E-state index in [-0.39, 0.29) is 0 Å². The second-order valence-corrected chi connectivity index (χ2v) is 4.87. The van der Waals surface area contributed by atoms with Crippen LogP contribution in [-0.2, 0) is 0 Å². The molecule has 0 aliphatic carbocycles. The zero-order valence-corrected chi connectivity index (χ0v) is 9.71. The van der Waals surface area contributed by atoms with Gasteiger partial charge in [0.25, 0.3) is 0 Å². The van der Waals surface area contributed by atoms with Crippen molar-refractivity contribution in [3.63, 3.8) is 0 Å². The molecule has 2 heterocycles. The van der Waals surface area contributed by atoms with Crippen LogP contribution in [0.4, 0.5) is 0 Å². The average Bonchev–Trinajstić information content (AvgIpc) is 2.57. The normalized spacial score (nSPS) is 11.3. The predicted octanol–water partition coefficient (Wildman–Crippen LogP) is 3.82. The van der Waals surface area contributed by atoms with Crippen LogP contribution in [0.15, 0.2) is 24.3 Å². The van der Waals surface area contributed by atoms with Crippen molar-refractivity contribution in [2.75, 3.05) is 0 Å². The highest BCUT2D eigenvalue weighted by Crippen LogP contribution is 2.32. The molecule has 1 N–H and O–H groups in total. The first-order valence-corrected chi connectivity index (χ1v) is 5.86. The largest absolute Gasteiger partial charge is 0.342 e. The summed E-state index contributed by atoms with van der Waals surface area (Å²) in [5.74, 6) is 0.871. The van der Waals surface area contributed by atoms with Gasteiger partial charge >= 0.3 is 0 Å². The van der Waals surface area contributed by atoms with Gasteiger partial charge in [-0.3, -0.25) is 0 Å². The highest BCUT2D eigenvalue weighted by Gasteiger charge is 2.06. The third kappa shape index (κ3) is 1.29. The summed E-state index contributed by atoms with van der Waals surface area (Å²) in [6.45, 7) is 1.93. The second kappa shape index (κ2) is 3.12. The van der Waals surface area contributed by atoms with Gasteiger partial charge < -0.3 is 4.98 Å². The zero-order valence-electron chi connectivity index (χ0n) is 8.07. The van der Waals surface area contributed by atoms with Crippen molar-refractivity contribution in [2.24, 2.45) is 0 Å². The number of aromatic amines is 1. The number of nitrogens with one attached hydrogen (secondary N) is 1. The summed E-state index contributed by atoms with van der Waals surface area (Å²) in [5, 5.41) is 1.23. The molecule has 0 atom stereocenters. The Bertz CT molecular complexity index is 709. The number of aryl methyl sites for hydroxylation is 1. The fourth-order valence-electron chi connectivity index (χ4n) is 1.73. The summed E-state index contributed by atoms with van der Waals surface area (Å²) < 4.78 is 3.03. The van der Waals surface area contributed by atoms with Gasteiger partial charge in [0.05, 0.1) is 10.2 Å². The molecule has 4 heteroatoms. The van der Waals surface area contributed by atoms with Gasteiger partial charge in [0, 0.05) is 10.1 Å². The molecule has 0 saturated carbocycles. The van der Waals surface area contributed by atoms with Crippen LogP contribution in [-0.4, -0.2) is 9.97 Å². The molecule has 2 nitrogen and oxygen atoms in total. The van der Waals surface area contributed by atoms with Gasteiger partial charge in [-0.15, -0.1) is 11.3 Å². The number of rotatable bonds is 0. The number of benzene rings is 1. The summed E-state index contributed by atoms with van der Waals surface area (Å²) >= 11 is 6.96. The van der Waals surface area contributed by atoms with Crippen LogP contribution in [0.1, 0.15) is 5.82 Å². The minimum absolute atomic E-state index is 0.697. The van der Waals surface area contributed by atoms with Crippen molar-refractivity contribution >= 4 is 43.9 Å². The summed E-state index contributed by atoms with van der Waals surface area (Å²) in [7, 11) is 0. The van der Waals surface area contributed by atoms with Gasteiger partial charge in [-0.1, -0.05) is 30.4 Å². The summed E-state index contributed by atoms with van der Waals surface area (Å²) in [5.41, 5.74) is 1.12. The van der Waals surface area contributed by atoms with E-state index in [4.69, 9.17) is 12.2 Å². The predicted molar refractivity (Wildman–Crippen MR) is 67.0 cm³/mol. The molecule has 0 saturated heterocycles. The quantitative estimate of drug-likeness (QED) is 0.597. The van der Waals surface area contributed by atoms with Crippen LogP contribution in [0, 0.1) is 11.6 Å². The average molecular weight is 232 g/mol. The molecule has 3 rings (SSSR count).